The number of aliphatic hydroxyl groups excluding tert-OH is 2. The van der Waals surface area contributed by atoms with Gasteiger partial charge in [-0.3, -0.25) is 4.79 Å². The van der Waals surface area contributed by atoms with Crippen LogP contribution in [0.4, 0.5) is 0 Å². The highest BCUT2D eigenvalue weighted by Crippen LogP contribution is 2.37. The van der Waals surface area contributed by atoms with Crippen molar-refractivity contribution in [3.05, 3.63) is 85.5 Å². The van der Waals surface area contributed by atoms with Crippen LogP contribution < -0.4 is 10.4 Å². The van der Waals surface area contributed by atoms with Gasteiger partial charge in [0.2, 0.25) is 0 Å². The molecular formula is C35H50O6Si. The molecular weight excluding hydrogens is 544 g/mol. The Hall–Kier alpha value is -2.39. The Morgan fingerprint density at radius 1 is 1.05 bits per heavy atom. The molecule has 0 amide bonds. The van der Waals surface area contributed by atoms with Crippen molar-refractivity contribution >= 4 is 24.5 Å². The second kappa shape index (κ2) is 14.9. The van der Waals surface area contributed by atoms with Gasteiger partial charge in [-0.15, -0.1) is 6.58 Å². The molecule has 0 aliphatic carbocycles. The summed E-state index contributed by atoms with van der Waals surface area (Å²) in [4.78, 5) is 13.2. The lowest BCUT2D eigenvalue weighted by molar-refractivity contribution is -0.293. The van der Waals surface area contributed by atoms with E-state index in [1.54, 1.807) is 13.8 Å². The van der Waals surface area contributed by atoms with Gasteiger partial charge in [0.05, 0.1) is 18.3 Å². The van der Waals surface area contributed by atoms with Crippen LogP contribution in [-0.2, 0) is 18.7 Å². The van der Waals surface area contributed by atoms with E-state index in [-0.39, 0.29) is 28.9 Å². The highest BCUT2D eigenvalue weighted by Gasteiger charge is 2.50. The number of hydrogen-bond acceptors (Lipinski definition) is 6. The third kappa shape index (κ3) is 8.59. The van der Waals surface area contributed by atoms with E-state index in [2.05, 4.69) is 82.5 Å². The predicted molar refractivity (Wildman–Crippen MR) is 171 cm³/mol. The van der Waals surface area contributed by atoms with Crippen LogP contribution in [0.25, 0.3) is 0 Å². The van der Waals surface area contributed by atoms with Gasteiger partial charge in [0.15, 0.2) is 11.6 Å². The molecule has 6 nitrogen and oxygen atoms in total. The van der Waals surface area contributed by atoms with E-state index in [4.69, 9.17) is 13.9 Å². The van der Waals surface area contributed by atoms with Crippen molar-refractivity contribution in [3.63, 3.8) is 0 Å². The molecule has 2 N–H and O–H groups in total. The molecule has 2 aromatic carbocycles. The predicted octanol–water partition coefficient (Wildman–Crippen LogP) is 5.46. The number of Topliss-reactive ketones (excluding diaryl/α,β-unsaturated/α-hetero) is 1. The fourth-order valence-corrected chi connectivity index (χ4v) is 10.5. The number of ketones is 1. The molecule has 42 heavy (non-hydrogen) atoms. The lowest BCUT2D eigenvalue weighted by Crippen LogP contribution is -2.66. The Morgan fingerprint density at radius 3 is 2.14 bits per heavy atom. The van der Waals surface area contributed by atoms with Gasteiger partial charge in [-0.2, -0.15) is 0 Å². The average molecular weight is 595 g/mol. The van der Waals surface area contributed by atoms with Gasteiger partial charge in [0, 0.05) is 19.4 Å². The highest BCUT2D eigenvalue weighted by atomic mass is 28.4. The fourth-order valence-electron chi connectivity index (χ4n) is 5.94. The minimum Gasteiger partial charge on any atom is -0.407 e. The van der Waals surface area contributed by atoms with E-state index >= 15 is 0 Å². The second-order valence-electron chi connectivity index (χ2n) is 12.8. The molecule has 1 fully saturated rings. The molecule has 2 aromatic rings. The third-order valence-corrected chi connectivity index (χ3v) is 13.0. The normalized spacial score (nSPS) is 20.5. The minimum absolute atomic E-state index is 0.0198. The summed E-state index contributed by atoms with van der Waals surface area (Å²) in [5.41, 5.74) is 0.246. The van der Waals surface area contributed by atoms with Crippen molar-refractivity contribution in [1.82, 2.24) is 0 Å². The molecule has 1 aliphatic rings. The van der Waals surface area contributed by atoms with Crippen LogP contribution in [0.5, 0.6) is 0 Å². The van der Waals surface area contributed by atoms with E-state index in [1.165, 1.54) is 10.4 Å². The highest BCUT2D eigenvalue weighted by molar-refractivity contribution is 6.99. The lowest BCUT2D eigenvalue weighted by atomic mass is 9.93. The van der Waals surface area contributed by atoms with Gasteiger partial charge in [-0.1, -0.05) is 94.1 Å². The molecule has 0 spiro atoms. The summed E-state index contributed by atoms with van der Waals surface area (Å²) in [5.74, 6) is -1.15. The van der Waals surface area contributed by atoms with Crippen LogP contribution in [-0.4, -0.2) is 61.1 Å². The van der Waals surface area contributed by atoms with Gasteiger partial charge in [-0.05, 0) is 60.5 Å². The topological polar surface area (TPSA) is 85.2 Å². The maximum Gasteiger partial charge on any atom is 0.261 e. The smallest absolute Gasteiger partial charge is 0.261 e. The zero-order valence-corrected chi connectivity index (χ0v) is 27.1. The zero-order valence-electron chi connectivity index (χ0n) is 26.1. The van der Waals surface area contributed by atoms with Crippen molar-refractivity contribution in [2.45, 2.75) is 108 Å². The van der Waals surface area contributed by atoms with E-state index < -0.39 is 32.4 Å². The maximum absolute atomic E-state index is 13.2. The molecule has 0 unspecified atom stereocenters. The molecule has 0 saturated carbocycles. The van der Waals surface area contributed by atoms with Crippen LogP contribution in [0.1, 0.15) is 73.1 Å². The number of carbonyl (C=O) groups excluding carboxylic acids is 1. The summed E-state index contributed by atoms with van der Waals surface area (Å²) in [7, 11) is -2.67. The summed E-state index contributed by atoms with van der Waals surface area (Å²) in [6.45, 7) is 18.4. The number of carbonyl (C=O) groups is 1. The Kier molecular flexibility index (Phi) is 12.1. The van der Waals surface area contributed by atoms with Crippen LogP contribution in [0.15, 0.2) is 85.5 Å². The molecule has 230 valence electrons. The zero-order chi connectivity index (χ0) is 31.0. The first-order valence-corrected chi connectivity index (χ1v) is 17.0. The molecule has 1 heterocycles. The quantitative estimate of drug-likeness (QED) is 0.123. The number of aliphatic hydroxyl groups is 2. The van der Waals surface area contributed by atoms with Gasteiger partial charge in [0.1, 0.15) is 6.10 Å². The summed E-state index contributed by atoms with van der Waals surface area (Å²) in [5, 5.41) is 23.8. The van der Waals surface area contributed by atoms with E-state index in [1.807, 2.05) is 18.2 Å². The number of benzene rings is 2. The molecule has 1 aliphatic heterocycles. The summed E-state index contributed by atoms with van der Waals surface area (Å²) < 4.78 is 18.8. The molecule has 0 radical (unpaired) electrons. The summed E-state index contributed by atoms with van der Waals surface area (Å²) in [6, 6.07) is 20.8. The Labute approximate surface area is 253 Å². The van der Waals surface area contributed by atoms with Crippen molar-refractivity contribution in [2.24, 2.45) is 0 Å². The summed E-state index contributed by atoms with van der Waals surface area (Å²) in [6.07, 6.45) is 1.73. The van der Waals surface area contributed by atoms with Gasteiger partial charge < -0.3 is 24.1 Å². The largest absolute Gasteiger partial charge is 0.407 e. The van der Waals surface area contributed by atoms with Crippen LogP contribution in [0.3, 0.4) is 0 Å². The molecule has 1 saturated heterocycles. The number of allylic oxidation sites excluding steroid dienone is 1. The first kappa shape index (κ1) is 34.1. The van der Waals surface area contributed by atoms with Crippen molar-refractivity contribution < 1.29 is 28.9 Å². The minimum atomic E-state index is -2.67. The SMILES string of the molecule is C=CCC[C@H]1C[C@@H](C(=O)C(=C)C[C@H](O)[C@@H](O)CCCO[Si](c2ccccc2)(c2ccccc2)C(C)(C)C)OC(C)(C)O1. The number of hydrogen-bond donors (Lipinski definition) is 2. The van der Waals surface area contributed by atoms with Crippen molar-refractivity contribution in [2.75, 3.05) is 6.61 Å². The molecule has 0 aromatic heterocycles. The first-order chi connectivity index (χ1) is 19.8. The van der Waals surface area contributed by atoms with Gasteiger partial charge >= 0.3 is 0 Å². The monoisotopic (exact) mass is 594 g/mol. The molecule has 7 heteroatoms. The van der Waals surface area contributed by atoms with Crippen molar-refractivity contribution in [3.8, 4) is 0 Å². The van der Waals surface area contributed by atoms with Gasteiger partial charge in [-0.25, -0.2) is 0 Å². The van der Waals surface area contributed by atoms with Gasteiger partial charge in [0.25, 0.3) is 8.32 Å². The summed E-state index contributed by atoms with van der Waals surface area (Å²) >= 11 is 0. The number of ether oxygens (including phenoxy) is 2. The van der Waals surface area contributed by atoms with E-state index in [9.17, 15) is 15.0 Å². The van der Waals surface area contributed by atoms with E-state index in [0.717, 1.165) is 12.8 Å². The maximum atomic E-state index is 13.2. The van der Waals surface area contributed by atoms with Crippen LogP contribution in [0, 0.1) is 0 Å². The fraction of sp³-hybridized carbons (Fsp3) is 0.514. The first-order valence-electron chi connectivity index (χ1n) is 15.1. The van der Waals surface area contributed by atoms with Crippen LogP contribution >= 0.6 is 0 Å². The lowest BCUT2D eigenvalue weighted by Gasteiger charge is -2.43. The number of rotatable bonds is 15. The third-order valence-electron chi connectivity index (χ3n) is 7.97. The molecule has 3 rings (SSSR count). The van der Waals surface area contributed by atoms with Crippen molar-refractivity contribution in [1.29, 1.82) is 0 Å². The average Bonchev–Trinajstić information content (AvgIpc) is 2.95. The Bertz CT molecular complexity index is 1120. The van der Waals surface area contributed by atoms with E-state index in [0.29, 0.717) is 25.9 Å². The molecule has 4 atom stereocenters. The molecule has 0 bridgehead atoms. The standard InChI is InChI=1S/C35H50O6Si/c1-8-9-17-27-25-32(41-35(6,7)40-27)33(38)26(2)24-31(37)30(36)22-16-23-39-42(34(3,4)5,28-18-12-10-13-19-28)29-20-14-11-15-21-29/h8,10-15,18-21,27,30-32,36-37H,1-2,9,16-17,22-25H2,3-7H3/t27-,30-,31-,32-/m0/s1. The van der Waals surface area contributed by atoms with Crippen LogP contribution in [0.2, 0.25) is 5.04 Å². The Morgan fingerprint density at radius 2 is 1.62 bits per heavy atom. The second-order valence-corrected chi connectivity index (χ2v) is 17.1. The Balaban J connectivity index is 1.60.